The molecule has 0 aliphatic carbocycles. The number of carbonyl (C=O) groups excluding carboxylic acids is 1. The van der Waals surface area contributed by atoms with E-state index in [1.54, 1.807) is 11.0 Å². The van der Waals surface area contributed by atoms with Crippen LogP contribution in [0.3, 0.4) is 0 Å². The molecule has 0 aliphatic rings. The molecule has 0 aromatic rings. The minimum atomic E-state index is 0.0251. The van der Waals surface area contributed by atoms with Gasteiger partial charge in [-0.2, -0.15) is 0 Å². The summed E-state index contributed by atoms with van der Waals surface area (Å²) in [6, 6.07) is 0. The molecule has 0 aromatic carbocycles. The minimum absolute atomic E-state index is 0.0251. The highest BCUT2D eigenvalue weighted by atomic mass is 16.3. The predicted molar refractivity (Wildman–Crippen MR) is 85.7 cm³/mol. The molecule has 0 unspecified atom stereocenters. The Morgan fingerprint density at radius 1 is 1.05 bits per heavy atom. The number of aliphatic hydroxyl groups excluding tert-OH is 1. The van der Waals surface area contributed by atoms with E-state index in [4.69, 9.17) is 5.11 Å². The van der Waals surface area contributed by atoms with E-state index in [9.17, 15) is 4.79 Å². The van der Waals surface area contributed by atoms with Gasteiger partial charge in [0.05, 0.1) is 6.61 Å². The maximum Gasteiger partial charge on any atom is 0.222 e. The standard InChI is InChI=1S/C17H33NO2/c1-3-5-6-7-8-9-10-11-12-13-17(20)18(14-4-2)15-16-19/h4,19H,2-3,5-16H2,1H3. The fraction of sp³-hybridized carbons (Fsp3) is 0.824. The smallest absolute Gasteiger partial charge is 0.222 e. The SMILES string of the molecule is C=CCN(CCO)C(=O)CCCCCCCCCCC. The fourth-order valence-corrected chi connectivity index (χ4v) is 2.34. The van der Waals surface area contributed by atoms with Gasteiger partial charge < -0.3 is 10.0 Å². The number of amides is 1. The van der Waals surface area contributed by atoms with Crippen molar-refractivity contribution in [1.82, 2.24) is 4.90 Å². The summed E-state index contributed by atoms with van der Waals surface area (Å²) in [5, 5.41) is 8.91. The number of aliphatic hydroxyl groups is 1. The largest absolute Gasteiger partial charge is 0.395 e. The zero-order valence-corrected chi connectivity index (χ0v) is 13.3. The molecule has 0 bridgehead atoms. The van der Waals surface area contributed by atoms with E-state index in [-0.39, 0.29) is 12.5 Å². The van der Waals surface area contributed by atoms with Gasteiger partial charge in [0, 0.05) is 19.5 Å². The number of nitrogens with zero attached hydrogens (tertiary/aromatic N) is 1. The quantitative estimate of drug-likeness (QED) is 0.388. The van der Waals surface area contributed by atoms with Crippen LogP contribution in [0.25, 0.3) is 0 Å². The third-order valence-corrected chi connectivity index (χ3v) is 3.57. The van der Waals surface area contributed by atoms with Crippen molar-refractivity contribution < 1.29 is 9.90 Å². The first-order chi connectivity index (χ1) is 9.76. The van der Waals surface area contributed by atoms with Gasteiger partial charge in [-0.05, 0) is 6.42 Å². The maximum atomic E-state index is 11.9. The monoisotopic (exact) mass is 283 g/mol. The molecule has 0 saturated carbocycles. The van der Waals surface area contributed by atoms with Gasteiger partial charge in [-0.15, -0.1) is 6.58 Å². The summed E-state index contributed by atoms with van der Waals surface area (Å²) in [6.45, 7) is 6.86. The Labute approximate surface area is 125 Å². The second-order valence-electron chi connectivity index (χ2n) is 5.43. The molecule has 0 rings (SSSR count). The van der Waals surface area contributed by atoms with E-state index in [2.05, 4.69) is 13.5 Å². The lowest BCUT2D eigenvalue weighted by Crippen LogP contribution is -2.33. The van der Waals surface area contributed by atoms with Gasteiger partial charge in [0.15, 0.2) is 0 Å². The Bertz CT molecular complexity index is 241. The molecule has 1 N–H and O–H groups in total. The topological polar surface area (TPSA) is 40.5 Å². The van der Waals surface area contributed by atoms with Crippen molar-refractivity contribution in [2.75, 3.05) is 19.7 Å². The highest BCUT2D eigenvalue weighted by Gasteiger charge is 2.10. The molecular weight excluding hydrogens is 250 g/mol. The summed E-state index contributed by atoms with van der Waals surface area (Å²) >= 11 is 0. The second-order valence-corrected chi connectivity index (χ2v) is 5.43. The van der Waals surface area contributed by atoms with Crippen LogP contribution in [0.2, 0.25) is 0 Å². The van der Waals surface area contributed by atoms with Crippen molar-refractivity contribution in [1.29, 1.82) is 0 Å². The summed E-state index contributed by atoms with van der Waals surface area (Å²) in [6.07, 6.45) is 13.7. The molecule has 0 spiro atoms. The van der Waals surface area contributed by atoms with E-state index < -0.39 is 0 Å². The van der Waals surface area contributed by atoms with Crippen LogP contribution in [0, 0.1) is 0 Å². The van der Waals surface area contributed by atoms with Gasteiger partial charge in [0.1, 0.15) is 0 Å². The van der Waals surface area contributed by atoms with Crippen molar-refractivity contribution in [3.63, 3.8) is 0 Å². The second kappa shape index (κ2) is 14.6. The third-order valence-electron chi connectivity index (χ3n) is 3.57. The molecule has 1 amide bonds. The Morgan fingerprint density at radius 3 is 2.10 bits per heavy atom. The number of unbranched alkanes of at least 4 members (excludes halogenated alkanes) is 8. The number of rotatable bonds is 14. The van der Waals surface area contributed by atoms with Gasteiger partial charge in [-0.25, -0.2) is 0 Å². The normalized spacial score (nSPS) is 10.5. The van der Waals surface area contributed by atoms with E-state index >= 15 is 0 Å². The van der Waals surface area contributed by atoms with Crippen LogP contribution >= 0.6 is 0 Å². The van der Waals surface area contributed by atoms with Crippen LogP contribution in [0.1, 0.15) is 71.1 Å². The van der Waals surface area contributed by atoms with Crippen LogP contribution in [0.5, 0.6) is 0 Å². The van der Waals surface area contributed by atoms with Gasteiger partial charge in [0.25, 0.3) is 0 Å². The lowest BCUT2D eigenvalue weighted by molar-refractivity contribution is -0.131. The molecule has 3 nitrogen and oxygen atoms in total. The van der Waals surface area contributed by atoms with Gasteiger partial charge in [-0.3, -0.25) is 4.79 Å². The average Bonchev–Trinajstić information content (AvgIpc) is 2.45. The molecule has 0 saturated heterocycles. The van der Waals surface area contributed by atoms with E-state index in [0.717, 1.165) is 12.8 Å². The van der Waals surface area contributed by atoms with Crippen LogP contribution in [0.4, 0.5) is 0 Å². The Hall–Kier alpha value is -0.830. The fourth-order valence-electron chi connectivity index (χ4n) is 2.34. The molecular formula is C17H33NO2. The minimum Gasteiger partial charge on any atom is -0.395 e. The first kappa shape index (κ1) is 19.2. The lowest BCUT2D eigenvalue weighted by Gasteiger charge is -2.19. The third kappa shape index (κ3) is 11.0. The van der Waals surface area contributed by atoms with Crippen LogP contribution in [-0.2, 0) is 4.79 Å². The molecule has 0 radical (unpaired) electrons. The zero-order chi connectivity index (χ0) is 15.1. The van der Waals surface area contributed by atoms with Crippen molar-refractivity contribution in [3.05, 3.63) is 12.7 Å². The van der Waals surface area contributed by atoms with Gasteiger partial charge in [0.2, 0.25) is 5.91 Å². The van der Waals surface area contributed by atoms with Crippen LogP contribution < -0.4 is 0 Å². The van der Waals surface area contributed by atoms with Gasteiger partial charge >= 0.3 is 0 Å². The Kier molecular flexibility index (Phi) is 14.0. The molecule has 0 fully saturated rings. The summed E-state index contributed by atoms with van der Waals surface area (Å²) < 4.78 is 0. The molecule has 20 heavy (non-hydrogen) atoms. The molecule has 118 valence electrons. The first-order valence-electron chi connectivity index (χ1n) is 8.25. The zero-order valence-electron chi connectivity index (χ0n) is 13.3. The maximum absolute atomic E-state index is 11.9. The van der Waals surface area contributed by atoms with Crippen molar-refractivity contribution in [2.24, 2.45) is 0 Å². The van der Waals surface area contributed by atoms with Gasteiger partial charge in [-0.1, -0.05) is 64.4 Å². The van der Waals surface area contributed by atoms with Crippen molar-refractivity contribution in [3.8, 4) is 0 Å². The lowest BCUT2D eigenvalue weighted by atomic mass is 10.1. The van der Waals surface area contributed by atoms with E-state index in [0.29, 0.717) is 19.5 Å². The average molecular weight is 283 g/mol. The molecule has 0 aliphatic heterocycles. The predicted octanol–water partition coefficient (Wildman–Crippen LogP) is 3.91. The Morgan fingerprint density at radius 2 is 1.60 bits per heavy atom. The summed E-state index contributed by atoms with van der Waals surface area (Å²) in [4.78, 5) is 13.6. The Balaban J connectivity index is 3.48. The van der Waals surface area contributed by atoms with E-state index in [1.807, 2.05) is 0 Å². The van der Waals surface area contributed by atoms with Crippen LogP contribution in [-0.4, -0.2) is 35.6 Å². The first-order valence-corrected chi connectivity index (χ1v) is 8.25. The molecule has 0 heterocycles. The summed E-state index contributed by atoms with van der Waals surface area (Å²) in [5.74, 6) is 0.141. The summed E-state index contributed by atoms with van der Waals surface area (Å²) in [5.41, 5.74) is 0. The highest BCUT2D eigenvalue weighted by Crippen LogP contribution is 2.11. The van der Waals surface area contributed by atoms with Crippen molar-refractivity contribution in [2.45, 2.75) is 71.1 Å². The highest BCUT2D eigenvalue weighted by molar-refractivity contribution is 5.76. The molecule has 0 aromatic heterocycles. The number of hydrogen-bond acceptors (Lipinski definition) is 2. The van der Waals surface area contributed by atoms with Crippen molar-refractivity contribution >= 4 is 5.91 Å². The number of hydrogen-bond donors (Lipinski definition) is 1. The van der Waals surface area contributed by atoms with Crippen LogP contribution in [0.15, 0.2) is 12.7 Å². The number of carbonyl (C=O) groups is 1. The summed E-state index contributed by atoms with van der Waals surface area (Å²) in [7, 11) is 0. The molecule has 0 atom stereocenters. The van der Waals surface area contributed by atoms with E-state index in [1.165, 1.54) is 44.9 Å². The molecule has 3 heteroatoms.